The topological polar surface area (TPSA) is 108 Å². The van der Waals surface area contributed by atoms with E-state index in [4.69, 9.17) is 5.73 Å². The first-order chi connectivity index (χ1) is 17.9. The maximum atomic E-state index is 13.0. The van der Waals surface area contributed by atoms with Gasteiger partial charge in [0.15, 0.2) is 12.2 Å². The van der Waals surface area contributed by atoms with E-state index in [1.54, 1.807) is 28.9 Å². The Labute approximate surface area is 216 Å². The van der Waals surface area contributed by atoms with Gasteiger partial charge in [-0.15, -0.1) is 0 Å². The number of nitrogens with one attached hydrogen (secondary N) is 1. The molecule has 0 aliphatic carbocycles. The Hall–Kier alpha value is -4.46. The molecule has 8 nitrogen and oxygen atoms in total. The first kappa shape index (κ1) is 25.6. The van der Waals surface area contributed by atoms with Crippen molar-refractivity contribution < 1.29 is 14.4 Å². The minimum Gasteiger partial charge on any atom is -0.370 e. The number of piperazine rings is 1. The summed E-state index contributed by atoms with van der Waals surface area (Å²) in [5.41, 5.74) is 7.94. The fourth-order valence-electron chi connectivity index (χ4n) is 4.51. The van der Waals surface area contributed by atoms with Crippen molar-refractivity contribution in [2.24, 2.45) is 10.7 Å². The smallest absolute Gasteiger partial charge is 0.253 e. The van der Waals surface area contributed by atoms with Crippen molar-refractivity contribution in [3.05, 3.63) is 107 Å². The molecule has 0 radical (unpaired) electrons. The number of nitrogens with two attached hydrogens (primary N) is 1. The van der Waals surface area contributed by atoms with Gasteiger partial charge >= 0.3 is 0 Å². The van der Waals surface area contributed by atoms with Gasteiger partial charge in [0.1, 0.15) is 5.54 Å². The molecule has 8 heteroatoms. The van der Waals surface area contributed by atoms with E-state index in [-0.39, 0.29) is 24.3 Å². The fourth-order valence-corrected chi connectivity index (χ4v) is 4.51. The van der Waals surface area contributed by atoms with Crippen LogP contribution in [0.3, 0.4) is 0 Å². The van der Waals surface area contributed by atoms with Crippen LogP contribution in [0.25, 0.3) is 0 Å². The lowest BCUT2D eigenvalue weighted by Crippen LogP contribution is -2.51. The summed E-state index contributed by atoms with van der Waals surface area (Å²) in [6, 6.07) is 26.0. The highest BCUT2D eigenvalue weighted by atomic mass is 16.2. The van der Waals surface area contributed by atoms with Gasteiger partial charge in [-0.1, -0.05) is 72.8 Å². The molecule has 0 bridgehead atoms. The highest BCUT2D eigenvalue weighted by Crippen LogP contribution is 2.27. The molecule has 1 heterocycles. The van der Waals surface area contributed by atoms with Crippen molar-refractivity contribution in [2.75, 3.05) is 26.2 Å². The number of nitrogens with zero attached hydrogens (tertiary/aromatic N) is 3. The van der Waals surface area contributed by atoms with Crippen LogP contribution in [0.4, 0.5) is 0 Å². The lowest BCUT2D eigenvalue weighted by molar-refractivity contribution is -0.130. The van der Waals surface area contributed by atoms with Gasteiger partial charge in [0.25, 0.3) is 5.91 Å². The molecule has 190 valence electrons. The molecule has 37 heavy (non-hydrogen) atoms. The van der Waals surface area contributed by atoms with Crippen LogP contribution in [0.15, 0.2) is 89.9 Å². The molecule has 0 saturated carbocycles. The second-order valence-corrected chi connectivity index (χ2v) is 8.98. The van der Waals surface area contributed by atoms with Crippen molar-refractivity contribution in [1.29, 1.82) is 0 Å². The first-order valence-electron chi connectivity index (χ1n) is 12.2. The van der Waals surface area contributed by atoms with E-state index < -0.39 is 5.54 Å². The Morgan fingerprint density at radius 1 is 0.892 bits per heavy atom. The summed E-state index contributed by atoms with van der Waals surface area (Å²) in [5.74, 6) is 0.0569. The van der Waals surface area contributed by atoms with Crippen LogP contribution in [0.1, 0.15) is 34.0 Å². The Bertz CT molecular complexity index is 1230. The molecule has 4 rings (SSSR count). The molecule has 0 atom stereocenters. The summed E-state index contributed by atoms with van der Waals surface area (Å²) >= 11 is 0. The minimum atomic E-state index is -1.20. The SMILES string of the molecule is CC(=O)N1CCN(C(=O)c2cccc(CN=C(N)NC(C=O)(c3ccccc3)c3ccccc3)c2)CC1. The van der Waals surface area contributed by atoms with Gasteiger partial charge in [-0.3, -0.25) is 14.4 Å². The molecule has 1 fully saturated rings. The highest BCUT2D eigenvalue weighted by Gasteiger charge is 2.34. The maximum absolute atomic E-state index is 13.0. The van der Waals surface area contributed by atoms with E-state index in [0.717, 1.165) is 23.0 Å². The standard InChI is InChI=1S/C29H31N5O3/c1-22(36)33-15-17-34(18-16-33)27(37)24-10-8-9-23(19-24)20-31-28(30)32-29(21-35,25-11-4-2-5-12-25)26-13-6-3-7-14-26/h2-14,19,21H,15-18,20H2,1H3,(H3,30,31,32). The van der Waals surface area contributed by atoms with Crippen LogP contribution in [-0.2, 0) is 21.7 Å². The van der Waals surface area contributed by atoms with E-state index >= 15 is 0 Å². The molecule has 1 aliphatic heterocycles. The average molecular weight is 498 g/mol. The lowest BCUT2D eigenvalue weighted by atomic mass is 9.84. The zero-order valence-electron chi connectivity index (χ0n) is 20.8. The predicted molar refractivity (Wildman–Crippen MR) is 143 cm³/mol. The molecule has 1 aliphatic rings. The number of hydrogen-bond donors (Lipinski definition) is 2. The molecule has 2 amide bonds. The summed E-state index contributed by atoms with van der Waals surface area (Å²) in [6.45, 7) is 3.86. The number of hydrogen-bond acceptors (Lipinski definition) is 4. The first-order valence-corrected chi connectivity index (χ1v) is 12.2. The molecule has 1 saturated heterocycles. The number of rotatable bonds is 7. The Morgan fingerprint density at radius 2 is 1.46 bits per heavy atom. The van der Waals surface area contributed by atoms with Crippen LogP contribution in [0.2, 0.25) is 0 Å². The zero-order chi connectivity index (χ0) is 26.3. The minimum absolute atomic E-state index is 0.0243. The fraction of sp³-hybridized carbons (Fsp3) is 0.241. The number of guanidine groups is 1. The highest BCUT2D eigenvalue weighted by molar-refractivity contribution is 5.94. The molecule has 0 aromatic heterocycles. The Kier molecular flexibility index (Phi) is 7.98. The van der Waals surface area contributed by atoms with Gasteiger partial charge in [0.05, 0.1) is 6.54 Å². The van der Waals surface area contributed by atoms with Crippen molar-refractivity contribution in [3.8, 4) is 0 Å². The summed E-state index contributed by atoms with van der Waals surface area (Å²) in [6.07, 6.45) is 0.838. The van der Waals surface area contributed by atoms with Gasteiger partial charge < -0.3 is 20.9 Å². The summed E-state index contributed by atoms with van der Waals surface area (Å²) in [7, 11) is 0. The van der Waals surface area contributed by atoms with Crippen LogP contribution in [0, 0.1) is 0 Å². The van der Waals surface area contributed by atoms with Crippen molar-refractivity contribution >= 4 is 24.1 Å². The molecule has 3 aromatic rings. The molecular weight excluding hydrogens is 466 g/mol. The number of benzene rings is 3. The van der Waals surface area contributed by atoms with Crippen molar-refractivity contribution in [1.82, 2.24) is 15.1 Å². The van der Waals surface area contributed by atoms with E-state index in [1.165, 1.54) is 0 Å². The zero-order valence-corrected chi connectivity index (χ0v) is 20.8. The van der Waals surface area contributed by atoms with Crippen LogP contribution in [0.5, 0.6) is 0 Å². The third-order valence-electron chi connectivity index (χ3n) is 6.58. The normalized spacial score (nSPS) is 14.2. The third kappa shape index (κ3) is 5.86. The number of aliphatic imine (C=N–C) groups is 1. The van der Waals surface area contributed by atoms with E-state index in [9.17, 15) is 14.4 Å². The Morgan fingerprint density at radius 3 is 2.00 bits per heavy atom. The van der Waals surface area contributed by atoms with Crippen molar-refractivity contribution in [2.45, 2.75) is 19.0 Å². The second-order valence-electron chi connectivity index (χ2n) is 8.98. The molecule has 0 unspecified atom stereocenters. The van der Waals surface area contributed by atoms with Crippen LogP contribution in [-0.4, -0.2) is 60.0 Å². The van der Waals surface area contributed by atoms with E-state index in [0.29, 0.717) is 31.7 Å². The predicted octanol–water partition coefficient (Wildman–Crippen LogP) is 2.54. The van der Waals surface area contributed by atoms with Gasteiger partial charge in [-0.05, 0) is 28.8 Å². The second kappa shape index (κ2) is 11.5. The van der Waals surface area contributed by atoms with Gasteiger partial charge in [-0.2, -0.15) is 0 Å². The molecular formula is C29H31N5O3. The van der Waals surface area contributed by atoms with Gasteiger partial charge in [-0.25, -0.2) is 4.99 Å². The number of aldehydes is 1. The van der Waals surface area contributed by atoms with Crippen LogP contribution >= 0.6 is 0 Å². The maximum Gasteiger partial charge on any atom is 0.253 e. The summed E-state index contributed by atoms with van der Waals surface area (Å²) in [4.78, 5) is 45.1. The number of carbonyl (C=O) groups is 3. The summed E-state index contributed by atoms with van der Waals surface area (Å²) in [5, 5.41) is 3.14. The Balaban J connectivity index is 1.50. The van der Waals surface area contributed by atoms with E-state index in [2.05, 4.69) is 10.3 Å². The molecule has 3 aromatic carbocycles. The van der Waals surface area contributed by atoms with Crippen LogP contribution < -0.4 is 11.1 Å². The lowest BCUT2D eigenvalue weighted by Gasteiger charge is -2.34. The molecule has 3 N–H and O–H groups in total. The molecule has 0 spiro atoms. The quantitative estimate of drug-likeness (QED) is 0.296. The van der Waals surface area contributed by atoms with Gasteiger partial charge in [0, 0.05) is 38.7 Å². The van der Waals surface area contributed by atoms with Gasteiger partial charge in [0.2, 0.25) is 5.91 Å². The number of carbonyl (C=O) groups excluding carboxylic acids is 3. The third-order valence-corrected chi connectivity index (χ3v) is 6.58. The average Bonchev–Trinajstić information content (AvgIpc) is 2.95. The largest absolute Gasteiger partial charge is 0.370 e. The monoisotopic (exact) mass is 497 g/mol. The number of amides is 2. The van der Waals surface area contributed by atoms with Crippen molar-refractivity contribution in [3.63, 3.8) is 0 Å². The van der Waals surface area contributed by atoms with E-state index in [1.807, 2.05) is 72.8 Å². The summed E-state index contributed by atoms with van der Waals surface area (Å²) < 4.78 is 0.